The number of benzene rings is 1. The SMILES string of the molecule is CC(=O)Oc1ccccc1.O=C(O)CC(O)C(=O)O.O=C(O)CCCCC(=O)O.O=C([O-])CC(O)(CC(=O)[O-])C(=O)[O-].[Na+].[Na+].[Na+]. The third-order valence-electron chi connectivity index (χ3n) is 3.94. The van der Waals surface area contributed by atoms with Gasteiger partial charge in [-0.3, -0.25) is 19.2 Å². The second-order valence-corrected chi connectivity index (χ2v) is 7.77. The molecular formula is C24H29Na3O18. The van der Waals surface area contributed by atoms with Crippen LogP contribution in [0, 0.1) is 0 Å². The van der Waals surface area contributed by atoms with Crippen molar-refractivity contribution in [1.29, 1.82) is 0 Å². The Hall–Kier alpha value is -2.10. The predicted octanol–water partition coefficient (Wildman–Crippen LogP) is -13.0. The van der Waals surface area contributed by atoms with Crippen molar-refractivity contribution >= 4 is 47.8 Å². The summed E-state index contributed by atoms with van der Waals surface area (Å²) >= 11 is 0. The van der Waals surface area contributed by atoms with E-state index in [4.69, 9.17) is 35.4 Å². The summed E-state index contributed by atoms with van der Waals surface area (Å²) in [6.45, 7) is 1.38. The average molecular weight is 674 g/mol. The molecular weight excluding hydrogens is 645 g/mol. The monoisotopic (exact) mass is 674 g/mol. The van der Waals surface area contributed by atoms with E-state index in [1.165, 1.54) is 6.92 Å². The van der Waals surface area contributed by atoms with Crippen molar-refractivity contribution < 1.29 is 178 Å². The van der Waals surface area contributed by atoms with Gasteiger partial charge in [0, 0.05) is 44.5 Å². The van der Waals surface area contributed by atoms with Gasteiger partial charge < -0.3 is 65.1 Å². The summed E-state index contributed by atoms with van der Waals surface area (Å²) in [7, 11) is 0. The molecule has 1 unspecified atom stereocenters. The van der Waals surface area contributed by atoms with Gasteiger partial charge in [-0.05, 0) is 25.0 Å². The number of ether oxygens (including phenoxy) is 1. The van der Waals surface area contributed by atoms with E-state index in [2.05, 4.69) is 0 Å². The number of esters is 1. The predicted molar refractivity (Wildman–Crippen MR) is 127 cm³/mol. The van der Waals surface area contributed by atoms with Crippen LogP contribution < -0.4 is 109 Å². The van der Waals surface area contributed by atoms with Crippen LogP contribution >= 0.6 is 0 Å². The molecule has 0 spiro atoms. The standard InChI is InChI=1S/C8H8O2.C6H8O7.C6H10O4.C4H6O5.3Na/c1-7(9)10-8-5-3-2-4-6-8;7-3(8)1-6(13,5(11)12)2-4(9)10;7-5(8)3-1-2-4-6(9)10;5-2(4(8)9)1-3(6)7;;;/h2-6H,1H3;13H,1-2H2,(H,7,8)(H,9,10)(H,11,12);1-4H2,(H,7,8)(H,9,10);2,5H,1H2,(H,6,7)(H,8,9);;;/q;;;;3*+1/p-3. The molecule has 1 aromatic rings. The summed E-state index contributed by atoms with van der Waals surface area (Å²) < 4.78 is 4.78. The third-order valence-corrected chi connectivity index (χ3v) is 3.94. The number of hydrogen-bond donors (Lipinski definition) is 6. The molecule has 0 amide bonds. The molecule has 1 atom stereocenters. The summed E-state index contributed by atoms with van der Waals surface area (Å²) in [4.78, 5) is 79.6. The van der Waals surface area contributed by atoms with Gasteiger partial charge >= 0.3 is 119 Å². The fraction of sp³-hybridized carbons (Fsp3) is 0.417. The van der Waals surface area contributed by atoms with Gasteiger partial charge in [-0.15, -0.1) is 0 Å². The van der Waals surface area contributed by atoms with Crippen LogP contribution in [0.5, 0.6) is 5.75 Å². The van der Waals surface area contributed by atoms with E-state index >= 15 is 0 Å². The zero-order valence-electron chi connectivity index (χ0n) is 25.0. The first-order valence-corrected chi connectivity index (χ1v) is 11.4. The molecule has 0 aliphatic rings. The summed E-state index contributed by atoms with van der Waals surface area (Å²) in [5.74, 6) is -10.3. The number of aliphatic carboxylic acids is 7. The zero-order valence-corrected chi connectivity index (χ0v) is 31.0. The minimum absolute atomic E-state index is 0. The average Bonchev–Trinajstić information content (AvgIpc) is 2.81. The van der Waals surface area contributed by atoms with Gasteiger partial charge in [-0.25, -0.2) is 4.79 Å². The number of carboxylic acids is 7. The molecule has 0 aliphatic carbocycles. The van der Waals surface area contributed by atoms with Crippen molar-refractivity contribution in [2.75, 3.05) is 0 Å². The van der Waals surface area contributed by atoms with Crippen LogP contribution in [0.25, 0.3) is 0 Å². The molecule has 0 saturated heterocycles. The van der Waals surface area contributed by atoms with E-state index in [9.17, 15) is 53.7 Å². The molecule has 0 radical (unpaired) electrons. The molecule has 1 aromatic carbocycles. The molecule has 0 heterocycles. The Bertz CT molecular complexity index is 1030. The van der Waals surface area contributed by atoms with Crippen molar-refractivity contribution in [1.82, 2.24) is 0 Å². The van der Waals surface area contributed by atoms with E-state index in [1.54, 1.807) is 12.1 Å². The van der Waals surface area contributed by atoms with E-state index in [0.29, 0.717) is 18.6 Å². The quantitative estimate of drug-likeness (QED) is 0.0461. The van der Waals surface area contributed by atoms with E-state index in [0.717, 1.165) is 0 Å². The Morgan fingerprint density at radius 3 is 1.33 bits per heavy atom. The summed E-state index contributed by atoms with van der Waals surface area (Å²) in [6.07, 6.45) is -4.24. The fourth-order valence-corrected chi connectivity index (χ4v) is 2.14. The molecule has 21 heteroatoms. The largest absolute Gasteiger partial charge is 1.00 e. The van der Waals surface area contributed by atoms with Gasteiger partial charge in [0.2, 0.25) is 0 Å². The maximum Gasteiger partial charge on any atom is 1.00 e. The maximum absolute atomic E-state index is 10.4. The second-order valence-electron chi connectivity index (χ2n) is 7.77. The molecule has 236 valence electrons. The normalized spacial score (nSPS) is 9.67. The van der Waals surface area contributed by atoms with Crippen molar-refractivity contribution in [2.24, 2.45) is 0 Å². The first-order valence-electron chi connectivity index (χ1n) is 11.4. The number of rotatable bonds is 14. The molecule has 0 saturated carbocycles. The molecule has 0 fully saturated rings. The van der Waals surface area contributed by atoms with Crippen LogP contribution in [-0.4, -0.2) is 90.1 Å². The summed E-state index contributed by atoms with van der Waals surface area (Å²) in [6, 6.07) is 8.98. The molecule has 0 aliphatic heterocycles. The zero-order chi connectivity index (χ0) is 33.5. The molecule has 18 nitrogen and oxygen atoms in total. The van der Waals surface area contributed by atoms with Crippen molar-refractivity contribution in [3.63, 3.8) is 0 Å². The topological polar surface area (TPSA) is 336 Å². The number of carbonyl (C=O) groups is 8. The summed E-state index contributed by atoms with van der Waals surface area (Å²) in [5.41, 5.74) is -2.97. The van der Waals surface area contributed by atoms with E-state index in [1.807, 2.05) is 18.2 Å². The number of para-hydroxylation sites is 1. The van der Waals surface area contributed by atoms with Gasteiger partial charge in [0.05, 0.1) is 12.4 Å². The molecule has 0 bridgehead atoms. The van der Waals surface area contributed by atoms with Crippen molar-refractivity contribution in [3.8, 4) is 5.75 Å². The van der Waals surface area contributed by atoms with Gasteiger partial charge in [-0.1, -0.05) is 18.2 Å². The van der Waals surface area contributed by atoms with Gasteiger partial charge in [0.1, 0.15) is 11.4 Å². The fourth-order valence-electron chi connectivity index (χ4n) is 2.14. The Labute approximate surface area is 322 Å². The second kappa shape index (κ2) is 31.9. The van der Waals surface area contributed by atoms with Crippen LogP contribution in [0.3, 0.4) is 0 Å². The van der Waals surface area contributed by atoms with Gasteiger partial charge in [0.25, 0.3) is 0 Å². The van der Waals surface area contributed by atoms with Crippen LogP contribution in [-0.2, 0) is 38.4 Å². The first-order chi connectivity index (χ1) is 19.2. The number of carboxylic acid groups (broad SMARTS) is 7. The van der Waals surface area contributed by atoms with Crippen molar-refractivity contribution in [2.45, 2.75) is 63.6 Å². The third kappa shape index (κ3) is 39.9. The van der Waals surface area contributed by atoms with Gasteiger partial charge in [0.15, 0.2) is 6.10 Å². The number of unbranched alkanes of at least 4 members (excludes halogenated alkanes) is 1. The van der Waals surface area contributed by atoms with Crippen LogP contribution in [0.4, 0.5) is 0 Å². The number of hydrogen-bond acceptors (Lipinski definition) is 14. The number of aliphatic hydroxyl groups is 2. The molecule has 0 aromatic heterocycles. The summed E-state index contributed by atoms with van der Waals surface area (Å²) in [5, 5.41) is 79.3. The minimum Gasteiger partial charge on any atom is -0.550 e. The van der Waals surface area contributed by atoms with Crippen molar-refractivity contribution in [3.05, 3.63) is 30.3 Å². The van der Waals surface area contributed by atoms with Gasteiger partial charge in [-0.2, -0.15) is 0 Å². The number of aliphatic hydroxyl groups excluding tert-OH is 1. The van der Waals surface area contributed by atoms with Crippen LogP contribution in [0.2, 0.25) is 0 Å². The first kappa shape index (κ1) is 55.3. The smallest absolute Gasteiger partial charge is 0.550 e. The Morgan fingerprint density at radius 1 is 0.733 bits per heavy atom. The Kier molecular flexibility index (Phi) is 39.2. The molecule has 1 rings (SSSR count). The maximum atomic E-state index is 10.4. The van der Waals surface area contributed by atoms with Crippen LogP contribution in [0.1, 0.15) is 51.9 Å². The molecule has 6 N–H and O–H groups in total. The van der Waals surface area contributed by atoms with Crippen LogP contribution in [0.15, 0.2) is 30.3 Å². The molecule has 45 heavy (non-hydrogen) atoms. The van der Waals surface area contributed by atoms with E-state index < -0.39 is 72.8 Å². The van der Waals surface area contributed by atoms with E-state index in [-0.39, 0.29) is 107 Å². The number of carbonyl (C=O) groups excluding carboxylic acids is 4. The Morgan fingerprint density at radius 2 is 1.11 bits per heavy atom. The minimum atomic E-state index is -2.97. The Balaban J connectivity index is -0.000000111.